The Kier molecular flexibility index (Phi) is 7.22. The summed E-state index contributed by atoms with van der Waals surface area (Å²) in [6.07, 6.45) is 1.70. The lowest BCUT2D eigenvalue weighted by Crippen LogP contribution is -2.37. The first-order valence-electron chi connectivity index (χ1n) is 7.24. The Morgan fingerprint density at radius 2 is 1.86 bits per heavy atom. The summed E-state index contributed by atoms with van der Waals surface area (Å²) in [7, 11) is 2.75. The maximum absolute atomic E-state index is 11.9. The molecule has 6 nitrogen and oxygen atoms in total. The van der Waals surface area contributed by atoms with Gasteiger partial charge in [0.15, 0.2) is 18.1 Å². The molecule has 1 aromatic rings. The van der Waals surface area contributed by atoms with Crippen LogP contribution in [0.3, 0.4) is 0 Å². The Bertz CT molecular complexity index is 511. The molecule has 22 heavy (non-hydrogen) atoms. The number of hydrogen-bond acceptors (Lipinski definition) is 5. The zero-order valence-corrected chi connectivity index (χ0v) is 13.5. The van der Waals surface area contributed by atoms with E-state index in [1.54, 1.807) is 18.2 Å². The van der Waals surface area contributed by atoms with Crippen LogP contribution in [-0.4, -0.2) is 38.7 Å². The summed E-state index contributed by atoms with van der Waals surface area (Å²) >= 11 is 0. The van der Waals surface area contributed by atoms with Crippen LogP contribution < -0.4 is 14.8 Å². The minimum Gasteiger partial charge on any atom is -0.493 e. The van der Waals surface area contributed by atoms with Gasteiger partial charge in [0.2, 0.25) is 0 Å². The van der Waals surface area contributed by atoms with Gasteiger partial charge in [0.25, 0.3) is 5.91 Å². The first kappa shape index (κ1) is 17.8. The monoisotopic (exact) mass is 309 g/mol. The Hall–Kier alpha value is -2.24. The Labute approximate surface area is 130 Å². The molecule has 0 spiro atoms. The van der Waals surface area contributed by atoms with Gasteiger partial charge in [-0.2, -0.15) is 0 Å². The number of para-hydroxylation sites is 1. The second-order valence-electron chi connectivity index (χ2n) is 4.70. The van der Waals surface area contributed by atoms with Crippen LogP contribution in [0, 0.1) is 0 Å². The van der Waals surface area contributed by atoms with Crippen LogP contribution in [0.4, 0.5) is 0 Å². The van der Waals surface area contributed by atoms with Crippen LogP contribution in [0.1, 0.15) is 37.0 Å². The second kappa shape index (κ2) is 8.92. The third-order valence-corrected chi connectivity index (χ3v) is 3.30. The molecular formula is C16H23NO5. The van der Waals surface area contributed by atoms with E-state index in [-0.39, 0.29) is 29.9 Å². The molecule has 0 unspecified atom stereocenters. The Morgan fingerprint density at radius 1 is 1.18 bits per heavy atom. The molecule has 0 bridgehead atoms. The lowest BCUT2D eigenvalue weighted by molar-refractivity contribution is -0.123. The van der Waals surface area contributed by atoms with Crippen molar-refractivity contribution in [1.29, 1.82) is 0 Å². The number of carbonyl (C=O) groups is 2. The summed E-state index contributed by atoms with van der Waals surface area (Å²) in [5.41, 5.74) is 0.220. The molecule has 6 heteroatoms. The fraction of sp³-hybridized carbons (Fsp3) is 0.500. The highest BCUT2D eigenvalue weighted by Gasteiger charge is 2.19. The number of methoxy groups -OCH3 is 2. The van der Waals surface area contributed by atoms with E-state index in [0.717, 1.165) is 12.8 Å². The molecule has 1 aromatic carbocycles. The highest BCUT2D eigenvalue weighted by atomic mass is 16.5. The number of nitrogens with one attached hydrogen (secondary N) is 1. The lowest BCUT2D eigenvalue weighted by atomic mass is 10.2. The molecule has 122 valence electrons. The van der Waals surface area contributed by atoms with Crippen molar-refractivity contribution in [3.8, 4) is 11.5 Å². The van der Waals surface area contributed by atoms with Gasteiger partial charge in [-0.1, -0.05) is 19.9 Å². The summed E-state index contributed by atoms with van der Waals surface area (Å²) < 4.78 is 15.4. The summed E-state index contributed by atoms with van der Waals surface area (Å²) in [6, 6.07) is 4.99. The molecule has 0 aliphatic heterocycles. The van der Waals surface area contributed by atoms with Crippen molar-refractivity contribution >= 4 is 11.9 Å². The number of carbonyl (C=O) groups excluding carboxylic acids is 2. The van der Waals surface area contributed by atoms with Gasteiger partial charge >= 0.3 is 5.97 Å². The van der Waals surface area contributed by atoms with Crippen molar-refractivity contribution < 1.29 is 23.8 Å². The van der Waals surface area contributed by atoms with Gasteiger partial charge in [-0.05, 0) is 25.0 Å². The molecule has 0 aliphatic rings. The minimum atomic E-state index is -0.547. The molecule has 0 aliphatic carbocycles. The molecule has 0 heterocycles. The third-order valence-electron chi connectivity index (χ3n) is 3.30. The summed E-state index contributed by atoms with van der Waals surface area (Å²) in [5.74, 6) is -0.209. The molecule has 0 saturated carbocycles. The standard InChI is InChI=1S/C16H23NO5/c1-5-11(6-2)17-14(18)10-22-15-12(16(19)21-4)8-7-9-13(15)20-3/h7-9,11H,5-6,10H2,1-4H3,(H,17,18). The Balaban J connectivity index is 2.83. The number of hydrogen-bond donors (Lipinski definition) is 1. The number of esters is 1. The minimum absolute atomic E-state index is 0.119. The zero-order chi connectivity index (χ0) is 16.5. The van der Waals surface area contributed by atoms with Crippen molar-refractivity contribution in [2.45, 2.75) is 32.7 Å². The molecule has 0 saturated heterocycles. The first-order valence-corrected chi connectivity index (χ1v) is 7.24. The summed E-state index contributed by atoms with van der Waals surface area (Å²) in [5, 5.41) is 2.87. The van der Waals surface area contributed by atoms with Crippen LogP contribution in [0.2, 0.25) is 0 Å². The highest BCUT2D eigenvalue weighted by molar-refractivity contribution is 5.93. The average molecular weight is 309 g/mol. The maximum Gasteiger partial charge on any atom is 0.341 e. The van der Waals surface area contributed by atoms with Crippen molar-refractivity contribution in [3.05, 3.63) is 23.8 Å². The van der Waals surface area contributed by atoms with E-state index >= 15 is 0 Å². The summed E-state index contributed by atoms with van der Waals surface area (Å²) in [6.45, 7) is 3.82. The molecule has 1 amide bonds. The predicted octanol–water partition coefficient (Wildman–Crippen LogP) is 2.17. The highest BCUT2D eigenvalue weighted by Crippen LogP contribution is 2.31. The number of amides is 1. The van der Waals surface area contributed by atoms with Crippen LogP contribution in [-0.2, 0) is 9.53 Å². The number of ether oxygens (including phenoxy) is 3. The smallest absolute Gasteiger partial charge is 0.341 e. The fourth-order valence-electron chi connectivity index (χ4n) is 2.00. The van der Waals surface area contributed by atoms with Crippen LogP contribution in [0.25, 0.3) is 0 Å². The van der Waals surface area contributed by atoms with Gasteiger partial charge in [0, 0.05) is 6.04 Å². The fourth-order valence-corrected chi connectivity index (χ4v) is 2.00. The van der Waals surface area contributed by atoms with E-state index in [1.807, 2.05) is 13.8 Å². The van der Waals surface area contributed by atoms with Crippen molar-refractivity contribution in [2.75, 3.05) is 20.8 Å². The van der Waals surface area contributed by atoms with E-state index in [0.29, 0.717) is 5.75 Å². The van der Waals surface area contributed by atoms with E-state index in [1.165, 1.54) is 14.2 Å². The third kappa shape index (κ3) is 4.65. The second-order valence-corrected chi connectivity index (χ2v) is 4.70. The summed E-state index contributed by atoms with van der Waals surface area (Å²) in [4.78, 5) is 23.7. The molecule has 0 aromatic heterocycles. The molecular weight excluding hydrogens is 286 g/mol. The van der Waals surface area contributed by atoms with Crippen molar-refractivity contribution in [3.63, 3.8) is 0 Å². The van der Waals surface area contributed by atoms with E-state index in [2.05, 4.69) is 5.32 Å². The maximum atomic E-state index is 11.9. The lowest BCUT2D eigenvalue weighted by Gasteiger charge is -2.17. The van der Waals surface area contributed by atoms with E-state index < -0.39 is 5.97 Å². The van der Waals surface area contributed by atoms with Gasteiger partial charge in [-0.15, -0.1) is 0 Å². The van der Waals surface area contributed by atoms with Crippen molar-refractivity contribution in [1.82, 2.24) is 5.32 Å². The van der Waals surface area contributed by atoms with Gasteiger partial charge in [-0.25, -0.2) is 4.79 Å². The number of rotatable bonds is 8. The van der Waals surface area contributed by atoms with Crippen molar-refractivity contribution in [2.24, 2.45) is 0 Å². The van der Waals surface area contributed by atoms with Gasteiger partial charge in [0.05, 0.1) is 14.2 Å². The molecule has 0 radical (unpaired) electrons. The van der Waals surface area contributed by atoms with Gasteiger partial charge in [0.1, 0.15) is 5.56 Å². The van der Waals surface area contributed by atoms with E-state index in [4.69, 9.17) is 14.2 Å². The predicted molar refractivity (Wildman–Crippen MR) is 82.3 cm³/mol. The van der Waals surface area contributed by atoms with Crippen LogP contribution >= 0.6 is 0 Å². The molecule has 1 N–H and O–H groups in total. The molecule has 0 atom stereocenters. The van der Waals surface area contributed by atoms with E-state index in [9.17, 15) is 9.59 Å². The average Bonchev–Trinajstić information content (AvgIpc) is 2.56. The SMILES string of the molecule is CCC(CC)NC(=O)COc1c(OC)cccc1C(=O)OC. The zero-order valence-electron chi connectivity index (χ0n) is 13.5. The van der Waals surface area contributed by atoms with Gasteiger partial charge in [-0.3, -0.25) is 4.79 Å². The largest absolute Gasteiger partial charge is 0.493 e. The molecule has 1 rings (SSSR count). The van der Waals surface area contributed by atoms with Crippen LogP contribution in [0.15, 0.2) is 18.2 Å². The molecule has 0 fully saturated rings. The quantitative estimate of drug-likeness (QED) is 0.745. The van der Waals surface area contributed by atoms with Crippen LogP contribution in [0.5, 0.6) is 11.5 Å². The topological polar surface area (TPSA) is 73.9 Å². The van der Waals surface area contributed by atoms with Gasteiger partial charge < -0.3 is 19.5 Å². The number of benzene rings is 1. The Morgan fingerprint density at radius 3 is 2.41 bits per heavy atom. The normalized spacial score (nSPS) is 10.2. The first-order chi connectivity index (χ1) is 10.6.